The number of hydrogen-bond acceptors (Lipinski definition) is 2. The van der Waals surface area contributed by atoms with Crippen molar-refractivity contribution in [2.75, 3.05) is 0 Å². The van der Waals surface area contributed by atoms with Crippen LogP contribution in [0, 0.1) is 0 Å². The molecule has 0 bridgehead atoms. The fraction of sp³-hybridized carbons (Fsp3) is 0. The highest BCUT2D eigenvalue weighted by atomic mass is 32.1. The Morgan fingerprint density at radius 1 is 0.412 bits per heavy atom. The van der Waals surface area contributed by atoms with Crippen molar-refractivity contribution in [3.8, 4) is 33.1 Å². The van der Waals surface area contributed by atoms with E-state index in [0.717, 1.165) is 16.2 Å². The van der Waals surface area contributed by atoms with Gasteiger partial charge in [-0.25, -0.2) is 4.98 Å². The molecule has 0 N–H and O–H groups in total. The fourth-order valence-electron chi connectivity index (χ4n) is 8.07. The summed E-state index contributed by atoms with van der Waals surface area (Å²) in [6.45, 7) is 0. The lowest BCUT2D eigenvalue weighted by Crippen LogP contribution is -1.98. The van der Waals surface area contributed by atoms with Crippen molar-refractivity contribution in [3.05, 3.63) is 176 Å². The molecule has 0 atom stereocenters. The van der Waals surface area contributed by atoms with E-state index in [9.17, 15) is 0 Å². The molecule has 3 heterocycles. The first-order chi connectivity index (χ1) is 25.3. The van der Waals surface area contributed by atoms with Crippen LogP contribution in [0.15, 0.2) is 176 Å². The zero-order valence-electron chi connectivity index (χ0n) is 27.5. The normalized spacial score (nSPS) is 11.9. The first-order valence-corrected chi connectivity index (χ1v) is 18.1. The Hall–Kier alpha value is -6.49. The van der Waals surface area contributed by atoms with E-state index >= 15 is 0 Å². The van der Waals surface area contributed by atoms with Crippen LogP contribution >= 0.6 is 11.3 Å². The molecule has 8 aromatic carbocycles. The first-order valence-electron chi connectivity index (χ1n) is 17.3. The monoisotopic (exact) mass is 667 g/mol. The molecule has 0 aliphatic carbocycles. The second-order valence-electron chi connectivity index (χ2n) is 13.2. The Kier molecular flexibility index (Phi) is 6.12. The minimum Gasteiger partial charge on any atom is -0.309 e. The van der Waals surface area contributed by atoms with Crippen molar-refractivity contribution in [3.63, 3.8) is 0 Å². The molecule has 0 spiro atoms. The lowest BCUT2D eigenvalue weighted by atomic mass is 10.0. The third-order valence-corrected chi connectivity index (χ3v) is 11.4. The van der Waals surface area contributed by atoms with E-state index in [-0.39, 0.29) is 0 Å². The molecule has 0 saturated carbocycles. The summed E-state index contributed by atoms with van der Waals surface area (Å²) < 4.78 is 6.01. The number of thiazole rings is 1. The van der Waals surface area contributed by atoms with E-state index in [4.69, 9.17) is 4.98 Å². The molecular formula is C47H29N3S. The zero-order chi connectivity index (χ0) is 33.5. The molecule has 0 unspecified atom stereocenters. The molecule has 238 valence electrons. The molecule has 3 nitrogen and oxygen atoms in total. The van der Waals surface area contributed by atoms with Gasteiger partial charge in [-0.1, -0.05) is 109 Å². The van der Waals surface area contributed by atoms with Gasteiger partial charge in [0.2, 0.25) is 0 Å². The van der Waals surface area contributed by atoms with Crippen LogP contribution in [0.2, 0.25) is 0 Å². The predicted molar refractivity (Wildman–Crippen MR) is 217 cm³/mol. The molecule has 0 aliphatic heterocycles. The SMILES string of the molecule is c1ccc(-n2c3ccccc3c3cc(-c4ccc5c(c4)c4ccccc4n5-c4ccc5ccccc5c4-c4nc5ccccc5s4)ccc32)cc1. The third-order valence-electron chi connectivity index (χ3n) is 10.3. The van der Waals surface area contributed by atoms with Gasteiger partial charge in [0, 0.05) is 32.8 Å². The minimum absolute atomic E-state index is 1.03. The standard InChI is InChI=1S/C47H29N3S/c1-2-13-33(14-3-1)49-40-19-9-6-16-35(40)37-28-31(23-25-42(37)49)32-24-26-43-38(29-32)36-17-7-10-20-41(36)50(43)44-27-22-30-12-4-5-15-34(30)46(44)47-48-39-18-8-11-21-45(39)51-47/h1-29H. The number of fused-ring (bicyclic) bond motifs is 8. The largest absolute Gasteiger partial charge is 0.309 e. The molecule has 11 rings (SSSR count). The van der Waals surface area contributed by atoms with E-state index in [1.165, 1.54) is 81.5 Å². The second-order valence-corrected chi connectivity index (χ2v) is 14.2. The van der Waals surface area contributed by atoms with Crippen LogP contribution in [0.5, 0.6) is 0 Å². The van der Waals surface area contributed by atoms with Crippen molar-refractivity contribution < 1.29 is 0 Å². The zero-order valence-corrected chi connectivity index (χ0v) is 28.3. The van der Waals surface area contributed by atoms with Gasteiger partial charge in [0.25, 0.3) is 0 Å². The van der Waals surface area contributed by atoms with Gasteiger partial charge >= 0.3 is 0 Å². The van der Waals surface area contributed by atoms with Crippen LogP contribution in [0.4, 0.5) is 0 Å². The van der Waals surface area contributed by atoms with Crippen LogP contribution < -0.4 is 0 Å². The fourth-order valence-corrected chi connectivity index (χ4v) is 9.10. The number of hydrogen-bond donors (Lipinski definition) is 0. The summed E-state index contributed by atoms with van der Waals surface area (Å²) in [6, 6.07) is 63.7. The molecule has 51 heavy (non-hydrogen) atoms. The summed E-state index contributed by atoms with van der Waals surface area (Å²) in [5.74, 6) is 0. The highest BCUT2D eigenvalue weighted by molar-refractivity contribution is 7.21. The molecule has 0 fully saturated rings. The van der Waals surface area contributed by atoms with Crippen molar-refractivity contribution in [2.24, 2.45) is 0 Å². The van der Waals surface area contributed by atoms with Crippen molar-refractivity contribution in [1.82, 2.24) is 14.1 Å². The lowest BCUT2D eigenvalue weighted by molar-refractivity contribution is 1.18. The molecule has 0 saturated heterocycles. The van der Waals surface area contributed by atoms with E-state index in [0.29, 0.717) is 0 Å². The quantitative estimate of drug-likeness (QED) is 0.183. The van der Waals surface area contributed by atoms with Gasteiger partial charge in [-0.2, -0.15) is 0 Å². The van der Waals surface area contributed by atoms with Crippen LogP contribution in [-0.2, 0) is 0 Å². The minimum atomic E-state index is 1.03. The lowest BCUT2D eigenvalue weighted by Gasteiger charge is -2.15. The first kappa shape index (κ1) is 28.4. The van der Waals surface area contributed by atoms with Crippen molar-refractivity contribution in [1.29, 1.82) is 0 Å². The molecule has 0 radical (unpaired) electrons. The van der Waals surface area contributed by atoms with Gasteiger partial charge in [-0.05, 0) is 88.6 Å². The average Bonchev–Trinajstić information content (AvgIpc) is 3.87. The maximum atomic E-state index is 5.19. The van der Waals surface area contributed by atoms with Gasteiger partial charge in [-0.15, -0.1) is 11.3 Å². The Balaban J connectivity index is 1.14. The summed E-state index contributed by atoms with van der Waals surface area (Å²) in [4.78, 5) is 5.19. The summed E-state index contributed by atoms with van der Waals surface area (Å²) >= 11 is 1.76. The van der Waals surface area contributed by atoms with Crippen molar-refractivity contribution in [2.45, 2.75) is 0 Å². The predicted octanol–water partition coefficient (Wildman–Crippen LogP) is 13.0. The Morgan fingerprint density at radius 3 is 1.71 bits per heavy atom. The highest BCUT2D eigenvalue weighted by Gasteiger charge is 2.21. The molecule has 3 aromatic heterocycles. The number of aromatic nitrogens is 3. The topological polar surface area (TPSA) is 22.8 Å². The maximum Gasteiger partial charge on any atom is 0.127 e. The van der Waals surface area contributed by atoms with E-state index in [1.54, 1.807) is 11.3 Å². The number of benzene rings is 8. The summed E-state index contributed by atoms with van der Waals surface area (Å²) in [7, 11) is 0. The summed E-state index contributed by atoms with van der Waals surface area (Å²) in [5.41, 5.74) is 11.7. The molecular weight excluding hydrogens is 639 g/mol. The Bertz CT molecular complexity index is 3110. The highest BCUT2D eigenvalue weighted by Crippen LogP contribution is 2.43. The molecule has 11 aromatic rings. The third kappa shape index (κ3) is 4.27. The van der Waals surface area contributed by atoms with E-state index in [2.05, 4.69) is 185 Å². The van der Waals surface area contributed by atoms with Crippen LogP contribution in [0.1, 0.15) is 0 Å². The van der Waals surface area contributed by atoms with Crippen LogP contribution in [0.3, 0.4) is 0 Å². The molecule has 0 amide bonds. The van der Waals surface area contributed by atoms with Gasteiger partial charge < -0.3 is 9.13 Å². The van der Waals surface area contributed by atoms with Gasteiger partial charge in [0.05, 0.1) is 38.0 Å². The van der Waals surface area contributed by atoms with Gasteiger partial charge in [-0.3, -0.25) is 0 Å². The summed E-state index contributed by atoms with van der Waals surface area (Å²) in [5, 5.41) is 8.44. The number of nitrogens with zero attached hydrogens (tertiary/aromatic N) is 3. The van der Waals surface area contributed by atoms with Gasteiger partial charge in [0.1, 0.15) is 5.01 Å². The Labute approximate surface area is 297 Å². The Morgan fingerprint density at radius 2 is 0.980 bits per heavy atom. The second kappa shape index (κ2) is 11.0. The maximum absolute atomic E-state index is 5.19. The van der Waals surface area contributed by atoms with Crippen LogP contribution in [-0.4, -0.2) is 14.1 Å². The van der Waals surface area contributed by atoms with E-state index in [1.807, 2.05) is 0 Å². The van der Waals surface area contributed by atoms with Crippen LogP contribution in [0.25, 0.3) is 97.7 Å². The molecule has 4 heteroatoms. The number of para-hydroxylation sites is 4. The molecule has 0 aliphatic rings. The van der Waals surface area contributed by atoms with Gasteiger partial charge in [0.15, 0.2) is 0 Å². The average molecular weight is 668 g/mol. The van der Waals surface area contributed by atoms with E-state index < -0.39 is 0 Å². The number of rotatable bonds is 4. The van der Waals surface area contributed by atoms with Crippen molar-refractivity contribution >= 4 is 75.9 Å². The smallest absolute Gasteiger partial charge is 0.127 e. The summed E-state index contributed by atoms with van der Waals surface area (Å²) in [6.07, 6.45) is 0.